The fourth-order valence-corrected chi connectivity index (χ4v) is 2.56. The zero-order valence-electron chi connectivity index (χ0n) is 10.1. The van der Waals surface area contributed by atoms with Gasteiger partial charge in [-0.1, -0.05) is 12.1 Å². The Balaban J connectivity index is 2.81. The molecule has 0 aliphatic heterocycles. The van der Waals surface area contributed by atoms with E-state index >= 15 is 0 Å². The molecule has 0 saturated carbocycles. The summed E-state index contributed by atoms with van der Waals surface area (Å²) in [6.07, 6.45) is -0.978. The van der Waals surface area contributed by atoms with Gasteiger partial charge in [0.2, 0.25) is 10.0 Å². The summed E-state index contributed by atoms with van der Waals surface area (Å²) in [6, 6.07) is 3.33. The first-order valence-electron chi connectivity index (χ1n) is 5.42. The monoisotopic (exact) mass is 297 g/mol. The summed E-state index contributed by atoms with van der Waals surface area (Å²) in [4.78, 5) is 0. The molecule has 0 heterocycles. The molecule has 19 heavy (non-hydrogen) atoms. The number of benzene rings is 1. The SMILES string of the molecule is C[C@@H](O)CNS(=O)(=O)CC(F)(F)c1ccc(F)cc1. The number of halogens is 3. The van der Waals surface area contributed by atoms with Crippen LogP contribution in [0.3, 0.4) is 0 Å². The maximum Gasteiger partial charge on any atom is 0.288 e. The van der Waals surface area contributed by atoms with Crippen molar-refractivity contribution in [2.75, 3.05) is 12.3 Å². The third-order valence-electron chi connectivity index (χ3n) is 2.24. The van der Waals surface area contributed by atoms with E-state index in [-0.39, 0.29) is 6.54 Å². The van der Waals surface area contributed by atoms with E-state index in [0.717, 1.165) is 24.3 Å². The first-order valence-corrected chi connectivity index (χ1v) is 7.07. The molecule has 1 aromatic rings. The molecule has 0 aliphatic carbocycles. The summed E-state index contributed by atoms with van der Waals surface area (Å²) >= 11 is 0. The Kier molecular flexibility index (Phi) is 4.94. The van der Waals surface area contributed by atoms with Gasteiger partial charge in [0.25, 0.3) is 5.92 Å². The Morgan fingerprint density at radius 3 is 2.32 bits per heavy atom. The van der Waals surface area contributed by atoms with Crippen LogP contribution in [0.2, 0.25) is 0 Å². The quantitative estimate of drug-likeness (QED) is 0.829. The van der Waals surface area contributed by atoms with Crippen molar-refractivity contribution in [1.29, 1.82) is 0 Å². The highest BCUT2D eigenvalue weighted by atomic mass is 32.2. The van der Waals surface area contributed by atoms with Gasteiger partial charge in [0.15, 0.2) is 0 Å². The minimum atomic E-state index is -4.25. The normalized spacial score (nSPS) is 14.4. The molecule has 0 bridgehead atoms. The van der Waals surface area contributed by atoms with Crippen molar-refractivity contribution >= 4 is 10.0 Å². The largest absolute Gasteiger partial charge is 0.392 e. The van der Waals surface area contributed by atoms with Gasteiger partial charge >= 0.3 is 0 Å². The van der Waals surface area contributed by atoms with Crippen LogP contribution in [-0.4, -0.2) is 31.9 Å². The number of aliphatic hydroxyl groups is 1. The number of sulfonamides is 1. The molecule has 1 rings (SSSR count). The van der Waals surface area contributed by atoms with Crippen molar-refractivity contribution in [2.24, 2.45) is 0 Å². The number of nitrogens with one attached hydrogen (secondary N) is 1. The minimum Gasteiger partial charge on any atom is -0.392 e. The summed E-state index contributed by atoms with van der Waals surface area (Å²) < 4.78 is 64.7. The van der Waals surface area contributed by atoms with Crippen LogP contribution >= 0.6 is 0 Å². The highest BCUT2D eigenvalue weighted by Gasteiger charge is 2.37. The van der Waals surface area contributed by atoms with Gasteiger partial charge in [-0.3, -0.25) is 0 Å². The number of hydrogen-bond acceptors (Lipinski definition) is 3. The Morgan fingerprint density at radius 2 is 1.84 bits per heavy atom. The summed E-state index contributed by atoms with van der Waals surface area (Å²) in [6.45, 7) is 0.975. The number of aliphatic hydroxyl groups excluding tert-OH is 1. The molecule has 108 valence electrons. The van der Waals surface area contributed by atoms with Gasteiger partial charge in [0.1, 0.15) is 11.6 Å². The molecular formula is C11H14F3NO3S. The lowest BCUT2D eigenvalue weighted by Gasteiger charge is -2.17. The number of rotatable bonds is 6. The predicted molar refractivity (Wildman–Crippen MR) is 63.8 cm³/mol. The number of hydrogen-bond donors (Lipinski definition) is 2. The van der Waals surface area contributed by atoms with Gasteiger partial charge in [0, 0.05) is 12.1 Å². The van der Waals surface area contributed by atoms with Crippen LogP contribution in [0.15, 0.2) is 24.3 Å². The second-order valence-corrected chi connectivity index (χ2v) is 5.97. The molecule has 4 nitrogen and oxygen atoms in total. The third-order valence-corrected chi connectivity index (χ3v) is 3.59. The van der Waals surface area contributed by atoms with Gasteiger partial charge < -0.3 is 5.11 Å². The maximum absolute atomic E-state index is 13.7. The van der Waals surface area contributed by atoms with Crippen LogP contribution in [0.1, 0.15) is 12.5 Å². The highest BCUT2D eigenvalue weighted by molar-refractivity contribution is 7.89. The van der Waals surface area contributed by atoms with E-state index in [1.807, 2.05) is 4.72 Å². The van der Waals surface area contributed by atoms with E-state index in [9.17, 15) is 21.6 Å². The fraction of sp³-hybridized carbons (Fsp3) is 0.455. The molecule has 0 amide bonds. The first-order chi connectivity index (χ1) is 8.62. The zero-order chi connectivity index (χ0) is 14.7. The van der Waals surface area contributed by atoms with Crippen LogP contribution in [-0.2, 0) is 15.9 Å². The average molecular weight is 297 g/mol. The minimum absolute atomic E-state index is 0.345. The van der Waals surface area contributed by atoms with E-state index in [1.54, 1.807) is 0 Å². The molecule has 0 spiro atoms. The molecule has 0 radical (unpaired) electrons. The third kappa shape index (κ3) is 5.17. The summed E-state index contributed by atoms with van der Waals surface area (Å²) in [5.41, 5.74) is -0.587. The smallest absolute Gasteiger partial charge is 0.288 e. The topological polar surface area (TPSA) is 66.4 Å². The molecule has 8 heteroatoms. The lowest BCUT2D eigenvalue weighted by Crippen LogP contribution is -2.37. The van der Waals surface area contributed by atoms with Crippen molar-refractivity contribution in [2.45, 2.75) is 19.0 Å². The molecule has 1 aromatic carbocycles. The molecule has 0 unspecified atom stereocenters. The van der Waals surface area contributed by atoms with Gasteiger partial charge in [-0.2, -0.15) is 0 Å². The van der Waals surface area contributed by atoms with Gasteiger partial charge in [-0.25, -0.2) is 26.3 Å². The van der Waals surface area contributed by atoms with E-state index in [2.05, 4.69) is 0 Å². The van der Waals surface area contributed by atoms with Crippen molar-refractivity contribution in [3.05, 3.63) is 35.6 Å². The van der Waals surface area contributed by atoms with Crippen molar-refractivity contribution < 1.29 is 26.7 Å². The average Bonchev–Trinajstić information content (AvgIpc) is 2.26. The highest BCUT2D eigenvalue weighted by Crippen LogP contribution is 2.29. The standard InChI is InChI=1S/C11H14F3NO3S/c1-8(16)6-15-19(17,18)7-11(13,14)9-2-4-10(12)5-3-9/h2-5,8,15-16H,6-7H2,1H3/t8-/m1/s1. The van der Waals surface area contributed by atoms with Crippen LogP contribution in [0, 0.1) is 5.82 Å². The summed E-state index contributed by atoms with van der Waals surface area (Å²) in [5, 5.41) is 8.91. The van der Waals surface area contributed by atoms with Crippen molar-refractivity contribution in [3.8, 4) is 0 Å². The van der Waals surface area contributed by atoms with Gasteiger partial charge in [-0.05, 0) is 19.1 Å². The van der Waals surface area contributed by atoms with Crippen LogP contribution in [0.5, 0.6) is 0 Å². The molecule has 2 N–H and O–H groups in total. The van der Waals surface area contributed by atoms with E-state index in [1.165, 1.54) is 6.92 Å². The fourth-order valence-electron chi connectivity index (χ4n) is 1.31. The Labute approximate surface area is 109 Å². The molecular weight excluding hydrogens is 283 g/mol. The van der Waals surface area contributed by atoms with Crippen LogP contribution in [0.25, 0.3) is 0 Å². The predicted octanol–water partition coefficient (Wildman–Crippen LogP) is 1.22. The van der Waals surface area contributed by atoms with E-state index < -0.39 is 39.2 Å². The lowest BCUT2D eigenvalue weighted by atomic mass is 10.1. The summed E-state index contributed by atoms with van der Waals surface area (Å²) in [5.74, 6) is -5.79. The molecule has 0 aromatic heterocycles. The van der Waals surface area contributed by atoms with E-state index in [4.69, 9.17) is 5.11 Å². The zero-order valence-corrected chi connectivity index (χ0v) is 10.9. The van der Waals surface area contributed by atoms with Gasteiger partial charge in [-0.15, -0.1) is 0 Å². The van der Waals surface area contributed by atoms with Crippen molar-refractivity contribution in [3.63, 3.8) is 0 Å². The second kappa shape index (κ2) is 5.89. The second-order valence-electron chi connectivity index (χ2n) is 4.17. The van der Waals surface area contributed by atoms with Gasteiger partial charge in [0.05, 0.1) is 6.10 Å². The Hall–Kier alpha value is -1.12. The Bertz CT molecular complexity index is 514. The maximum atomic E-state index is 13.7. The molecule has 0 saturated heterocycles. The van der Waals surface area contributed by atoms with E-state index in [0.29, 0.717) is 0 Å². The first kappa shape index (κ1) is 15.9. The lowest BCUT2D eigenvalue weighted by molar-refractivity contribution is 0.0209. The molecule has 0 fully saturated rings. The van der Waals surface area contributed by atoms with Crippen LogP contribution in [0.4, 0.5) is 13.2 Å². The Morgan fingerprint density at radius 1 is 1.32 bits per heavy atom. The molecule has 0 aliphatic rings. The van der Waals surface area contributed by atoms with Crippen molar-refractivity contribution in [1.82, 2.24) is 4.72 Å². The molecule has 1 atom stereocenters. The summed E-state index contributed by atoms with van der Waals surface area (Å²) in [7, 11) is -4.25. The van der Waals surface area contributed by atoms with Crippen LogP contribution < -0.4 is 4.72 Å². The number of alkyl halides is 2.